The highest BCUT2D eigenvalue weighted by atomic mass is 16.5. The van der Waals surface area contributed by atoms with Crippen LogP contribution in [0, 0.1) is 0 Å². The number of hydrogen-bond donors (Lipinski definition) is 1. The Morgan fingerprint density at radius 1 is 1.67 bits per heavy atom. The van der Waals surface area contributed by atoms with Crippen molar-refractivity contribution in [2.24, 2.45) is 12.8 Å². The van der Waals surface area contributed by atoms with Gasteiger partial charge in [0.15, 0.2) is 0 Å². The summed E-state index contributed by atoms with van der Waals surface area (Å²) in [5.74, 6) is 0. The topological polar surface area (TPSA) is 56.3 Å². The summed E-state index contributed by atoms with van der Waals surface area (Å²) >= 11 is 0. The highest BCUT2D eigenvalue weighted by Crippen LogP contribution is 2.09. The van der Waals surface area contributed by atoms with Gasteiger partial charge in [-0.3, -0.25) is 4.68 Å². The molecule has 0 aromatic carbocycles. The standard InChI is InChI=1S/C10H20N4O/c1-13(4-5-15-3)8-10(11)9-6-12-14(2)7-9/h6-7,10H,4-5,8,11H2,1-3H3. The van der Waals surface area contributed by atoms with Crippen molar-refractivity contribution in [3.8, 4) is 0 Å². The van der Waals surface area contributed by atoms with Gasteiger partial charge in [0, 0.05) is 45.0 Å². The molecule has 1 heterocycles. The quantitative estimate of drug-likeness (QED) is 0.721. The molecule has 0 aliphatic heterocycles. The van der Waals surface area contributed by atoms with Crippen LogP contribution in [-0.4, -0.2) is 48.5 Å². The molecule has 0 amide bonds. The highest BCUT2D eigenvalue weighted by Gasteiger charge is 2.10. The first-order valence-electron chi connectivity index (χ1n) is 5.05. The molecular formula is C10H20N4O. The van der Waals surface area contributed by atoms with E-state index in [1.54, 1.807) is 11.8 Å². The minimum atomic E-state index is 0.0144. The Labute approximate surface area is 90.8 Å². The van der Waals surface area contributed by atoms with Crippen LogP contribution in [0.15, 0.2) is 12.4 Å². The van der Waals surface area contributed by atoms with E-state index in [1.807, 2.05) is 26.5 Å². The zero-order valence-electron chi connectivity index (χ0n) is 9.68. The van der Waals surface area contributed by atoms with Gasteiger partial charge in [0.25, 0.3) is 0 Å². The Balaban J connectivity index is 2.38. The summed E-state index contributed by atoms with van der Waals surface area (Å²) in [6, 6.07) is 0.0144. The lowest BCUT2D eigenvalue weighted by Gasteiger charge is -2.19. The minimum Gasteiger partial charge on any atom is -0.383 e. The van der Waals surface area contributed by atoms with Gasteiger partial charge in [-0.2, -0.15) is 5.10 Å². The van der Waals surface area contributed by atoms with E-state index < -0.39 is 0 Å². The van der Waals surface area contributed by atoms with Crippen LogP contribution < -0.4 is 5.73 Å². The predicted octanol–water partition coefficient (Wildman–Crippen LogP) is -0.00190. The van der Waals surface area contributed by atoms with Crippen LogP contribution in [0.2, 0.25) is 0 Å². The SMILES string of the molecule is COCCN(C)CC(N)c1cnn(C)c1. The Morgan fingerprint density at radius 2 is 2.40 bits per heavy atom. The number of nitrogens with zero attached hydrogens (tertiary/aromatic N) is 3. The fraction of sp³-hybridized carbons (Fsp3) is 0.700. The summed E-state index contributed by atoms with van der Waals surface area (Å²) in [4.78, 5) is 2.15. The van der Waals surface area contributed by atoms with E-state index in [9.17, 15) is 0 Å². The molecule has 1 aromatic heterocycles. The largest absolute Gasteiger partial charge is 0.383 e. The van der Waals surface area contributed by atoms with Gasteiger partial charge < -0.3 is 15.4 Å². The van der Waals surface area contributed by atoms with Crippen LogP contribution in [0.25, 0.3) is 0 Å². The Morgan fingerprint density at radius 3 is 2.93 bits per heavy atom. The first-order valence-corrected chi connectivity index (χ1v) is 5.05. The first kappa shape index (κ1) is 12.2. The van der Waals surface area contributed by atoms with E-state index >= 15 is 0 Å². The summed E-state index contributed by atoms with van der Waals surface area (Å²) in [5, 5.41) is 4.10. The van der Waals surface area contributed by atoms with E-state index in [0.717, 1.165) is 25.3 Å². The number of nitrogens with two attached hydrogens (primary N) is 1. The molecule has 0 radical (unpaired) electrons. The molecule has 0 aliphatic rings. The molecule has 0 bridgehead atoms. The number of ether oxygens (including phenoxy) is 1. The zero-order valence-corrected chi connectivity index (χ0v) is 9.68. The lowest BCUT2D eigenvalue weighted by molar-refractivity contribution is 0.158. The van der Waals surface area contributed by atoms with Crippen molar-refractivity contribution in [2.75, 3.05) is 33.9 Å². The van der Waals surface area contributed by atoms with E-state index in [1.165, 1.54) is 0 Å². The zero-order chi connectivity index (χ0) is 11.3. The maximum Gasteiger partial charge on any atom is 0.0589 e. The van der Waals surface area contributed by atoms with Crippen molar-refractivity contribution < 1.29 is 4.74 Å². The molecule has 0 saturated carbocycles. The van der Waals surface area contributed by atoms with Gasteiger partial charge in [-0.05, 0) is 7.05 Å². The summed E-state index contributed by atoms with van der Waals surface area (Å²) in [6.07, 6.45) is 3.77. The van der Waals surface area contributed by atoms with Gasteiger partial charge in [-0.1, -0.05) is 0 Å². The van der Waals surface area contributed by atoms with E-state index in [2.05, 4.69) is 10.00 Å². The fourth-order valence-electron chi connectivity index (χ4n) is 1.41. The third-order valence-corrected chi connectivity index (χ3v) is 2.34. The summed E-state index contributed by atoms with van der Waals surface area (Å²) < 4.78 is 6.77. The Hall–Kier alpha value is -0.910. The van der Waals surface area contributed by atoms with Crippen molar-refractivity contribution in [2.45, 2.75) is 6.04 Å². The number of likely N-dealkylation sites (N-methyl/N-ethyl adjacent to an activating group) is 1. The molecule has 15 heavy (non-hydrogen) atoms. The average Bonchev–Trinajstić information content (AvgIpc) is 2.61. The molecule has 1 rings (SSSR count). The molecule has 0 fully saturated rings. The molecule has 0 spiro atoms. The van der Waals surface area contributed by atoms with Gasteiger partial charge in [0.05, 0.1) is 12.8 Å². The van der Waals surface area contributed by atoms with E-state index in [-0.39, 0.29) is 6.04 Å². The van der Waals surface area contributed by atoms with Crippen molar-refractivity contribution in [3.05, 3.63) is 18.0 Å². The van der Waals surface area contributed by atoms with Crippen LogP contribution in [-0.2, 0) is 11.8 Å². The van der Waals surface area contributed by atoms with Crippen molar-refractivity contribution in [1.82, 2.24) is 14.7 Å². The summed E-state index contributed by atoms with van der Waals surface area (Å²) in [7, 11) is 5.63. The van der Waals surface area contributed by atoms with E-state index in [4.69, 9.17) is 10.5 Å². The lowest BCUT2D eigenvalue weighted by Crippen LogP contribution is -2.31. The third kappa shape index (κ3) is 3.99. The number of aromatic nitrogens is 2. The Kier molecular flexibility index (Phi) is 4.74. The number of aryl methyl sites for hydroxylation is 1. The smallest absolute Gasteiger partial charge is 0.0589 e. The van der Waals surface area contributed by atoms with Crippen LogP contribution >= 0.6 is 0 Å². The molecule has 86 valence electrons. The monoisotopic (exact) mass is 212 g/mol. The van der Waals surface area contributed by atoms with Gasteiger partial charge in [0.1, 0.15) is 0 Å². The molecule has 1 unspecified atom stereocenters. The van der Waals surface area contributed by atoms with Crippen LogP contribution in [0.4, 0.5) is 0 Å². The van der Waals surface area contributed by atoms with Crippen molar-refractivity contribution in [3.63, 3.8) is 0 Å². The van der Waals surface area contributed by atoms with Crippen LogP contribution in [0.5, 0.6) is 0 Å². The maximum atomic E-state index is 6.05. The first-order chi connectivity index (χ1) is 7.13. The second kappa shape index (κ2) is 5.85. The molecular weight excluding hydrogens is 192 g/mol. The number of methoxy groups -OCH3 is 1. The normalized spacial score (nSPS) is 13.4. The van der Waals surface area contributed by atoms with Gasteiger partial charge in [-0.25, -0.2) is 0 Å². The van der Waals surface area contributed by atoms with Gasteiger partial charge in [-0.15, -0.1) is 0 Å². The average molecular weight is 212 g/mol. The summed E-state index contributed by atoms with van der Waals surface area (Å²) in [5.41, 5.74) is 7.12. The minimum absolute atomic E-state index is 0.0144. The van der Waals surface area contributed by atoms with Gasteiger partial charge >= 0.3 is 0 Å². The highest BCUT2D eigenvalue weighted by molar-refractivity contribution is 5.09. The molecule has 1 atom stereocenters. The third-order valence-electron chi connectivity index (χ3n) is 2.34. The molecule has 1 aromatic rings. The van der Waals surface area contributed by atoms with Crippen molar-refractivity contribution >= 4 is 0 Å². The second-order valence-corrected chi connectivity index (χ2v) is 3.81. The number of hydrogen-bond acceptors (Lipinski definition) is 4. The summed E-state index contributed by atoms with van der Waals surface area (Å²) in [6.45, 7) is 2.44. The fourth-order valence-corrected chi connectivity index (χ4v) is 1.41. The molecule has 2 N–H and O–H groups in total. The number of rotatable bonds is 6. The molecule has 0 aliphatic carbocycles. The second-order valence-electron chi connectivity index (χ2n) is 3.81. The Bertz CT molecular complexity index is 287. The van der Waals surface area contributed by atoms with Crippen molar-refractivity contribution in [1.29, 1.82) is 0 Å². The van der Waals surface area contributed by atoms with Gasteiger partial charge in [0.2, 0.25) is 0 Å². The van der Waals surface area contributed by atoms with Crippen LogP contribution in [0.1, 0.15) is 11.6 Å². The van der Waals surface area contributed by atoms with Crippen LogP contribution in [0.3, 0.4) is 0 Å². The maximum absolute atomic E-state index is 6.05. The molecule has 5 heteroatoms. The van der Waals surface area contributed by atoms with E-state index in [0.29, 0.717) is 0 Å². The molecule has 5 nitrogen and oxygen atoms in total. The predicted molar refractivity (Wildman–Crippen MR) is 59.5 cm³/mol. The molecule has 0 saturated heterocycles. The lowest BCUT2D eigenvalue weighted by atomic mass is 10.1.